The summed E-state index contributed by atoms with van der Waals surface area (Å²) in [6.45, 7) is 6.37. The summed E-state index contributed by atoms with van der Waals surface area (Å²) in [5.41, 5.74) is 8.99. The van der Waals surface area contributed by atoms with Crippen molar-refractivity contribution in [1.82, 2.24) is 9.88 Å². The molecule has 3 N–H and O–H groups in total. The number of pyridine rings is 1. The molecule has 6 heteroatoms. The van der Waals surface area contributed by atoms with E-state index in [0.29, 0.717) is 24.0 Å². The maximum absolute atomic E-state index is 13.0. The summed E-state index contributed by atoms with van der Waals surface area (Å²) < 4.78 is 0. The molecule has 0 saturated carbocycles. The van der Waals surface area contributed by atoms with Crippen LogP contribution >= 0.6 is 0 Å². The number of anilines is 2. The SMILES string of the molecule is Cc1c(NC(=O)C(=O)N2C[C@H](C)CC[C@H]2c2ccccc2)cnc(N)c1C. The second-order valence-electron chi connectivity index (χ2n) is 7.33. The van der Waals surface area contributed by atoms with Crippen LogP contribution in [0.15, 0.2) is 36.5 Å². The van der Waals surface area contributed by atoms with E-state index in [-0.39, 0.29) is 6.04 Å². The lowest BCUT2D eigenvalue weighted by Gasteiger charge is -2.38. The first-order chi connectivity index (χ1) is 12.9. The zero-order valence-corrected chi connectivity index (χ0v) is 16.0. The molecule has 0 radical (unpaired) electrons. The summed E-state index contributed by atoms with van der Waals surface area (Å²) in [6.07, 6.45) is 3.38. The summed E-state index contributed by atoms with van der Waals surface area (Å²) in [5.74, 6) is -0.363. The topological polar surface area (TPSA) is 88.3 Å². The zero-order valence-electron chi connectivity index (χ0n) is 16.0. The lowest BCUT2D eigenvalue weighted by molar-refractivity contribution is -0.146. The van der Waals surface area contributed by atoms with Gasteiger partial charge in [-0.1, -0.05) is 37.3 Å². The molecule has 1 aromatic heterocycles. The van der Waals surface area contributed by atoms with Crippen LogP contribution in [0, 0.1) is 19.8 Å². The maximum Gasteiger partial charge on any atom is 0.313 e. The largest absolute Gasteiger partial charge is 0.383 e. The van der Waals surface area contributed by atoms with Crippen LogP contribution in [0.2, 0.25) is 0 Å². The average molecular weight is 366 g/mol. The Morgan fingerprint density at radius 2 is 1.85 bits per heavy atom. The van der Waals surface area contributed by atoms with Crippen molar-refractivity contribution in [2.24, 2.45) is 5.92 Å². The quantitative estimate of drug-likeness (QED) is 0.799. The predicted molar refractivity (Wildman–Crippen MR) is 106 cm³/mol. The molecular formula is C21H26N4O2. The Hall–Kier alpha value is -2.89. The predicted octanol–water partition coefficient (Wildman–Crippen LogP) is 3.22. The highest BCUT2D eigenvalue weighted by molar-refractivity contribution is 6.39. The van der Waals surface area contributed by atoms with Crippen molar-refractivity contribution < 1.29 is 9.59 Å². The number of piperidine rings is 1. The summed E-state index contributed by atoms with van der Waals surface area (Å²) in [4.78, 5) is 31.4. The molecule has 0 bridgehead atoms. The van der Waals surface area contributed by atoms with Crippen molar-refractivity contribution >= 4 is 23.3 Å². The van der Waals surface area contributed by atoms with Crippen LogP contribution < -0.4 is 11.1 Å². The van der Waals surface area contributed by atoms with Crippen molar-refractivity contribution in [2.45, 2.75) is 39.7 Å². The first-order valence-electron chi connectivity index (χ1n) is 9.27. The van der Waals surface area contributed by atoms with Gasteiger partial charge in [0.2, 0.25) is 0 Å². The van der Waals surface area contributed by atoms with Gasteiger partial charge in [0, 0.05) is 6.54 Å². The summed E-state index contributed by atoms with van der Waals surface area (Å²) in [7, 11) is 0. The Morgan fingerprint density at radius 3 is 2.56 bits per heavy atom. The molecule has 2 atom stereocenters. The van der Waals surface area contributed by atoms with Gasteiger partial charge in [-0.25, -0.2) is 4.98 Å². The minimum atomic E-state index is -0.640. The molecule has 0 aliphatic carbocycles. The molecule has 1 aromatic carbocycles. The molecule has 0 spiro atoms. The fraction of sp³-hybridized carbons (Fsp3) is 0.381. The molecule has 27 heavy (non-hydrogen) atoms. The Morgan fingerprint density at radius 1 is 1.15 bits per heavy atom. The lowest BCUT2D eigenvalue weighted by Crippen LogP contribution is -2.46. The van der Waals surface area contributed by atoms with Gasteiger partial charge in [0.1, 0.15) is 5.82 Å². The van der Waals surface area contributed by atoms with Gasteiger partial charge in [-0.05, 0) is 49.3 Å². The third-order valence-corrected chi connectivity index (χ3v) is 5.39. The van der Waals surface area contributed by atoms with Gasteiger partial charge in [-0.15, -0.1) is 0 Å². The van der Waals surface area contributed by atoms with Gasteiger partial charge in [-0.3, -0.25) is 9.59 Å². The molecule has 1 aliphatic heterocycles. The highest BCUT2D eigenvalue weighted by Crippen LogP contribution is 2.33. The van der Waals surface area contributed by atoms with Crippen molar-refractivity contribution in [2.75, 3.05) is 17.6 Å². The minimum absolute atomic E-state index is 0.0759. The number of amides is 2. The Labute approximate surface area is 159 Å². The molecule has 3 rings (SSSR count). The number of nitrogens with two attached hydrogens (primary N) is 1. The van der Waals surface area contributed by atoms with E-state index in [9.17, 15) is 9.59 Å². The maximum atomic E-state index is 13.0. The van der Waals surface area contributed by atoms with E-state index in [0.717, 1.165) is 29.5 Å². The first-order valence-corrected chi connectivity index (χ1v) is 9.27. The smallest absolute Gasteiger partial charge is 0.313 e. The molecule has 2 aromatic rings. The van der Waals surface area contributed by atoms with Crippen LogP contribution in [0.3, 0.4) is 0 Å². The Balaban J connectivity index is 1.81. The molecule has 1 saturated heterocycles. The molecule has 1 fully saturated rings. The number of carbonyl (C=O) groups is 2. The van der Waals surface area contributed by atoms with Crippen LogP contribution in [0.25, 0.3) is 0 Å². The van der Waals surface area contributed by atoms with E-state index in [4.69, 9.17) is 5.73 Å². The number of likely N-dealkylation sites (tertiary alicyclic amines) is 1. The van der Waals surface area contributed by atoms with E-state index >= 15 is 0 Å². The number of benzene rings is 1. The van der Waals surface area contributed by atoms with E-state index in [1.807, 2.05) is 44.2 Å². The van der Waals surface area contributed by atoms with Crippen LogP contribution in [-0.2, 0) is 9.59 Å². The molecular weight excluding hydrogens is 340 g/mol. The number of nitrogen functional groups attached to an aromatic ring is 1. The fourth-order valence-corrected chi connectivity index (χ4v) is 3.55. The van der Waals surface area contributed by atoms with Gasteiger partial charge in [-0.2, -0.15) is 0 Å². The second kappa shape index (κ2) is 7.78. The van der Waals surface area contributed by atoms with Crippen LogP contribution in [-0.4, -0.2) is 28.2 Å². The average Bonchev–Trinajstić information content (AvgIpc) is 2.68. The lowest BCUT2D eigenvalue weighted by atomic mass is 9.90. The van der Waals surface area contributed by atoms with E-state index in [1.165, 1.54) is 6.20 Å². The highest BCUT2D eigenvalue weighted by Gasteiger charge is 2.34. The number of hydrogen-bond donors (Lipinski definition) is 2. The molecule has 6 nitrogen and oxygen atoms in total. The number of hydrogen-bond acceptors (Lipinski definition) is 4. The third kappa shape index (κ3) is 3.94. The molecule has 2 amide bonds. The van der Waals surface area contributed by atoms with Crippen LogP contribution in [0.5, 0.6) is 0 Å². The van der Waals surface area contributed by atoms with E-state index in [1.54, 1.807) is 4.90 Å². The monoisotopic (exact) mass is 366 g/mol. The van der Waals surface area contributed by atoms with Crippen molar-refractivity contribution in [3.05, 3.63) is 53.2 Å². The molecule has 2 heterocycles. The first kappa shape index (κ1) is 18.9. The fourth-order valence-electron chi connectivity index (χ4n) is 3.55. The number of aromatic nitrogens is 1. The van der Waals surface area contributed by atoms with Gasteiger partial charge < -0.3 is 16.0 Å². The normalized spacial score (nSPS) is 19.6. The number of nitrogens with one attached hydrogen (secondary N) is 1. The molecule has 0 unspecified atom stereocenters. The summed E-state index contributed by atoms with van der Waals surface area (Å²) >= 11 is 0. The number of nitrogens with zero attached hydrogens (tertiary/aromatic N) is 2. The van der Waals surface area contributed by atoms with Crippen LogP contribution in [0.1, 0.15) is 42.5 Å². The standard InChI is InChI=1S/C21H26N4O2/c1-13-9-10-18(16-7-5-4-6-8-16)25(12-13)21(27)20(26)24-17-11-23-19(22)15(3)14(17)2/h4-8,11,13,18H,9-10,12H2,1-3H3,(H2,22,23)(H,24,26)/t13-,18+/m1/s1. The Bertz CT molecular complexity index is 851. The van der Waals surface area contributed by atoms with E-state index in [2.05, 4.69) is 17.2 Å². The minimum Gasteiger partial charge on any atom is -0.383 e. The van der Waals surface area contributed by atoms with Crippen molar-refractivity contribution in [3.63, 3.8) is 0 Å². The van der Waals surface area contributed by atoms with Gasteiger partial charge in [0.25, 0.3) is 0 Å². The summed E-state index contributed by atoms with van der Waals surface area (Å²) in [5, 5.41) is 2.71. The van der Waals surface area contributed by atoms with E-state index < -0.39 is 11.8 Å². The Kier molecular flexibility index (Phi) is 5.44. The van der Waals surface area contributed by atoms with Crippen LogP contribution in [0.4, 0.5) is 11.5 Å². The molecule has 1 aliphatic rings. The van der Waals surface area contributed by atoms with Crippen molar-refractivity contribution in [1.29, 1.82) is 0 Å². The van der Waals surface area contributed by atoms with Crippen molar-refractivity contribution in [3.8, 4) is 0 Å². The third-order valence-electron chi connectivity index (χ3n) is 5.39. The van der Waals surface area contributed by atoms with Gasteiger partial charge in [0.05, 0.1) is 17.9 Å². The number of carbonyl (C=O) groups excluding carboxylic acids is 2. The highest BCUT2D eigenvalue weighted by atomic mass is 16.2. The summed E-state index contributed by atoms with van der Waals surface area (Å²) in [6, 6.07) is 9.82. The number of rotatable bonds is 2. The zero-order chi connectivity index (χ0) is 19.6. The van der Waals surface area contributed by atoms with Gasteiger partial charge in [0.15, 0.2) is 0 Å². The molecule has 142 valence electrons. The van der Waals surface area contributed by atoms with Gasteiger partial charge >= 0.3 is 11.8 Å². The second-order valence-corrected chi connectivity index (χ2v) is 7.33.